The predicted molar refractivity (Wildman–Crippen MR) is 120 cm³/mol. The van der Waals surface area contributed by atoms with Crippen LogP contribution in [0.25, 0.3) is 22.3 Å². The van der Waals surface area contributed by atoms with E-state index in [4.69, 9.17) is 4.98 Å². The fourth-order valence-corrected chi connectivity index (χ4v) is 4.49. The molecule has 0 aliphatic carbocycles. The van der Waals surface area contributed by atoms with Crippen LogP contribution in [-0.4, -0.2) is 26.7 Å². The summed E-state index contributed by atoms with van der Waals surface area (Å²) in [5.74, 6) is 0.00399. The van der Waals surface area contributed by atoms with E-state index in [0.29, 0.717) is 5.56 Å². The highest BCUT2D eigenvalue weighted by Crippen LogP contribution is 2.35. The molecule has 0 spiro atoms. The molecule has 0 bridgehead atoms. The summed E-state index contributed by atoms with van der Waals surface area (Å²) in [7, 11) is 1.88. The van der Waals surface area contributed by atoms with Gasteiger partial charge in [0.1, 0.15) is 0 Å². The number of carbonyl (C=O) groups excluding carboxylic acids is 1. The number of pyridine rings is 1. The van der Waals surface area contributed by atoms with Crippen LogP contribution in [0.3, 0.4) is 0 Å². The van der Waals surface area contributed by atoms with Crippen LogP contribution in [0.15, 0.2) is 54.6 Å². The number of anilines is 1. The predicted octanol–water partition coefficient (Wildman–Crippen LogP) is 4.84. The molecular formula is C25H24N4O. The Morgan fingerprint density at radius 3 is 2.57 bits per heavy atom. The molecular weight excluding hydrogens is 372 g/mol. The second-order valence-corrected chi connectivity index (χ2v) is 8.19. The zero-order valence-corrected chi connectivity index (χ0v) is 17.7. The first-order chi connectivity index (χ1) is 14.4. The van der Waals surface area contributed by atoms with Crippen LogP contribution in [0.1, 0.15) is 34.1 Å². The molecule has 1 aliphatic rings. The Morgan fingerprint density at radius 1 is 1.07 bits per heavy atom. The molecule has 0 saturated carbocycles. The van der Waals surface area contributed by atoms with E-state index >= 15 is 0 Å². The molecule has 0 N–H and O–H groups in total. The van der Waals surface area contributed by atoms with Crippen molar-refractivity contribution >= 4 is 22.6 Å². The first-order valence-corrected chi connectivity index (χ1v) is 10.3. The van der Waals surface area contributed by atoms with Gasteiger partial charge >= 0.3 is 0 Å². The molecule has 3 heterocycles. The Balaban J connectivity index is 1.72. The molecule has 0 saturated heterocycles. The van der Waals surface area contributed by atoms with Gasteiger partial charge < -0.3 is 4.90 Å². The number of aromatic nitrogens is 3. The molecule has 1 amide bonds. The number of aryl methyl sites for hydroxylation is 3. The van der Waals surface area contributed by atoms with Crippen LogP contribution < -0.4 is 4.90 Å². The molecule has 0 radical (unpaired) electrons. The first kappa shape index (κ1) is 18.6. The summed E-state index contributed by atoms with van der Waals surface area (Å²) in [6.07, 6.45) is 0.868. The number of nitrogens with zero attached hydrogens (tertiary/aromatic N) is 4. The highest BCUT2D eigenvalue weighted by molar-refractivity contribution is 6.15. The Kier molecular flexibility index (Phi) is 4.21. The number of benzene rings is 2. The number of amides is 1. The van der Waals surface area contributed by atoms with E-state index in [1.807, 2.05) is 43.1 Å². The topological polar surface area (TPSA) is 51.0 Å². The van der Waals surface area contributed by atoms with Crippen molar-refractivity contribution in [3.05, 3.63) is 77.0 Å². The molecule has 1 atom stereocenters. The van der Waals surface area contributed by atoms with E-state index in [9.17, 15) is 4.79 Å². The van der Waals surface area contributed by atoms with Crippen LogP contribution in [0.4, 0.5) is 5.69 Å². The average Bonchev–Trinajstić information content (AvgIpc) is 3.22. The van der Waals surface area contributed by atoms with Gasteiger partial charge in [-0.25, -0.2) is 4.98 Å². The lowest BCUT2D eigenvalue weighted by Gasteiger charge is -2.23. The molecule has 5 rings (SSSR count). The van der Waals surface area contributed by atoms with Crippen molar-refractivity contribution in [1.82, 2.24) is 14.8 Å². The maximum atomic E-state index is 13.9. The third-order valence-electron chi connectivity index (χ3n) is 5.97. The number of fused-ring (bicyclic) bond motifs is 2. The lowest BCUT2D eigenvalue weighted by atomic mass is 10.0. The highest BCUT2D eigenvalue weighted by Gasteiger charge is 2.33. The molecule has 5 nitrogen and oxygen atoms in total. The molecule has 1 aliphatic heterocycles. The van der Waals surface area contributed by atoms with E-state index in [0.717, 1.165) is 40.1 Å². The molecule has 5 heteroatoms. The van der Waals surface area contributed by atoms with Crippen molar-refractivity contribution in [2.75, 3.05) is 4.90 Å². The Labute approximate surface area is 176 Å². The van der Waals surface area contributed by atoms with Gasteiger partial charge in [-0.1, -0.05) is 48.0 Å². The van der Waals surface area contributed by atoms with Crippen molar-refractivity contribution in [1.29, 1.82) is 0 Å². The van der Waals surface area contributed by atoms with Gasteiger partial charge in [-0.3, -0.25) is 9.48 Å². The molecule has 30 heavy (non-hydrogen) atoms. The van der Waals surface area contributed by atoms with Gasteiger partial charge in [-0.05, 0) is 44.9 Å². The van der Waals surface area contributed by atoms with E-state index in [1.54, 1.807) is 4.68 Å². The standard InChI is InChI=1S/C25H24N4O/c1-15-9-11-18(12-10-15)21-14-20(23-17(3)27-28(4)24(23)26-21)25(30)29-16(2)13-19-7-5-6-8-22(19)29/h5-12,14,16H,13H2,1-4H3/t16-/m1/s1. The van der Waals surface area contributed by atoms with E-state index in [1.165, 1.54) is 11.1 Å². The second kappa shape index (κ2) is 6.80. The summed E-state index contributed by atoms with van der Waals surface area (Å²) in [6, 6.07) is 18.4. The van der Waals surface area contributed by atoms with Gasteiger partial charge in [0, 0.05) is 24.3 Å². The van der Waals surface area contributed by atoms with E-state index in [-0.39, 0.29) is 11.9 Å². The first-order valence-electron chi connectivity index (χ1n) is 10.3. The quantitative estimate of drug-likeness (QED) is 0.487. The highest BCUT2D eigenvalue weighted by atomic mass is 16.2. The lowest BCUT2D eigenvalue weighted by molar-refractivity contribution is 0.0983. The van der Waals surface area contributed by atoms with Crippen molar-refractivity contribution in [2.45, 2.75) is 33.2 Å². The maximum absolute atomic E-state index is 13.9. The number of hydrogen-bond donors (Lipinski definition) is 0. The molecule has 2 aromatic carbocycles. The normalized spacial score (nSPS) is 15.6. The fraction of sp³-hybridized carbons (Fsp3) is 0.240. The maximum Gasteiger partial charge on any atom is 0.259 e. The molecule has 0 fully saturated rings. The number of carbonyl (C=O) groups is 1. The fourth-order valence-electron chi connectivity index (χ4n) is 4.49. The van der Waals surface area contributed by atoms with Crippen molar-refractivity contribution in [3.8, 4) is 11.3 Å². The van der Waals surface area contributed by atoms with Gasteiger partial charge in [0.05, 0.1) is 22.3 Å². The third-order valence-corrected chi connectivity index (χ3v) is 5.97. The summed E-state index contributed by atoms with van der Waals surface area (Å²) < 4.78 is 1.76. The zero-order chi connectivity index (χ0) is 21.0. The number of rotatable bonds is 2. The minimum absolute atomic E-state index is 0.00399. The van der Waals surface area contributed by atoms with E-state index < -0.39 is 0 Å². The van der Waals surface area contributed by atoms with Crippen LogP contribution in [0.5, 0.6) is 0 Å². The zero-order valence-electron chi connectivity index (χ0n) is 17.7. The Bertz CT molecular complexity index is 1290. The van der Waals surface area contributed by atoms with Gasteiger partial charge in [-0.2, -0.15) is 5.10 Å². The van der Waals surface area contributed by atoms with Crippen LogP contribution in [0, 0.1) is 13.8 Å². The molecule has 2 aromatic heterocycles. The van der Waals surface area contributed by atoms with Crippen LogP contribution >= 0.6 is 0 Å². The van der Waals surface area contributed by atoms with Gasteiger partial charge in [-0.15, -0.1) is 0 Å². The summed E-state index contributed by atoms with van der Waals surface area (Å²) in [4.78, 5) is 20.7. The second-order valence-electron chi connectivity index (χ2n) is 8.19. The number of hydrogen-bond acceptors (Lipinski definition) is 3. The summed E-state index contributed by atoms with van der Waals surface area (Å²) in [5, 5.41) is 5.38. The Hall–Kier alpha value is -3.47. The minimum Gasteiger partial charge on any atom is -0.305 e. The summed E-state index contributed by atoms with van der Waals surface area (Å²) in [5.41, 5.74) is 7.38. The summed E-state index contributed by atoms with van der Waals surface area (Å²) >= 11 is 0. The lowest BCUT2D eigenvalue weighted by Crippen LogP contribution is -2.36. The molecule has 0 unspecified atom stereocenters. The van der Waals surface area contributed by atoms with Gasteiger partial charge in [0.25, 0.3) is 5.91 Å². The van der Waals surface area contributed by atoms with Crippen LogP contribution in [-0.2, 0) is 13.5 Å². The largest absolute Gasteiger partial charge is 0.305 e. The van der Waals surface area contributed by atoms with Gasteiger partial charge in [0.2, 0.25) is 0 Å². The molecule has 150 valence electrons. The minimum atomic E-state index is 0.00399. The third kappa shape index (κ3) is 2.81. The van der Waals surface area contributed by atoms with Crippen molar-refractivity contribution in [2.24, 2.45) is 7.05 Å². The SMILES string of the molecule is Cc1ccc(-c2cc(C(=O)N3c4ccccc4C[C@H]3C)c3c(C)nn(C)c3n2)cc1. The Morgan fingerprint density at radius 2 is 1.80 bits per heavy atom. The monoisotopic (exact) mass is 396 g/mol. The van der Waals surface area contributed by atoms with Crippen molar-refractivity contribution < 1.29 is 4.79 Å². The number of para-hydroxylation sites is 1. The average molecular weight is 396 g/mol. The van der Waals surface area contributed by atoms with Gasteiger partial charge in [0.15, 0.2) is 5.65 Å². The smallest absolute Gasteiger partial charge is 0.259 e. The van der Waals surface area contributed by atoms with Crippen molar-refractivity contribution in [3.63, 3.8) is 0 Å². The molecule has 4 aromatic rings. The van der Waals surface area contributed by atoms with Crippen LogP contribution in [0.2, 0.25) is 0 Å². The summed E-state index contributed by atoms with van der Waals surface area (Å²) in [6.45, 7) is 6.10. The van der Waals surface area contributed by atoms with E-state index in [2.05, 4.69) is 49.3 Å².